The highest BCUT2D eigenvalue weighted by molar-refractivity contribution is 6.04. The normalized spacial score (nSPS) is 12.2. The van der Waals surface area contributed by atoms with Crippen molar-refractivity contribution in [3.05, 3.63) is 76.2 Å². The molecule has 0 saturated heterocycles. The Bertz CT molecular complexity index is 1010. The van der Waals surface area contributed by atoms with Gasteiger partial charge in [-0.15, -0.1) is 0 Å². The zero-order chi connectivity index (χ0) is 19.4. The fourth-order valence-corrected chi connectivity index (χ4v) is 3.23. The number of nitrogens with zero attached hydrogens (tertiary/aromatic N) is 1. The van der Waals surface area contributed by atoms with Crippen LogP contribution in [0.3, 0.4) is 0 Å². The molecular weight excluding hydrogens is 344 g/mol. The van der Waals surface area contributed by atoms with Gasteiger partial charge in [0.05, 0.1) is 17.9 Å². The third kappa shape index (κ3) is 3.63. The predicted octanol–water partition coefficient (Wildman–Crippen LogP) is 2.55. The molecule has 0 aliphatic carbocycles. The SMILES string of the molecule is CCC(CO)NCc1c(C(=O)O)c2ccccc2c(=O)n1-c1ccccc1. The fourth-order valence-electron chi connectivity index (χ4n) is 3.23. The average Bonchev–Trinajstić information content (AvgIpc) is 2.69. The minimum absolute atomic E-state index is 0.0674. The third-order valence-corrected chi connectivity index (χ3v) is 4.69. The summed E-state index contributed by atoms with van der Waals surface area (Å²) < 4.78 is 1.45. The lowest BCUT2D eigenvalue weighted by Crippen LogP contribution is -2.35. The molecule has 1 unspecified atom stereocenters. The van der Waals surface area contributed by atoms with E-state index < -0.39 is 5.97 Å². The summed E-state index contributed by atoms with van der Waals surface area (Å²) in [5.41, 5.74) is 0.791. The molecule has 6 heteroatoms. The number of carboxylic acids is 1. The third-order valence-electron chi connectivity index (χ3n) is 4.69. The number of nitrogens with one attached hydrogen (secondary N) is 1. The molecule has 1 aromatic heterocycles. The molecule has 0 saturated carbocycles. The second-order valence-corrected chi connectivity index (χ2v) is 6.32. The Hall–Kier alpha value is -2.96. The largest absolute Gasteiger partial charge is 0.478 e. The first-order chi connectivity index (χ1) is 13.1. The van der Waals surface area contributed by atoms with E-state index in [0.717, 1.165) is 0 Å². The lowest BCUT2D eigenvalue weighted by molar-refractivity contribution is 0.0696. The molecule has 0 fully saturated rings. The average molecular weight is 366 g/mol. The van der Waals surface area contributed by atoms with Gasteiger partial charge < -0.3 is 15.5 Å². The van der Waals surface area contributed by atoms with Crippen LogP contribution in [0.4, 0.5) is 0 Å². The van der Waals surface area contributed by atoms with Crippen LogP contribution in [0.15, 0.2) is 59.4 Å². The number of para-hydroxylation sites is 1. The summed E-state index contributed by atoms with van der Waals surface area (Å²) in [4.78, 5) is 25.3. The molecule has 0 aliphatic heterocycles. The Morgan fingerprint density at radius 1 is 1.07 bits per heavy atom. The molecule has 0 radical (unpaired) electrons. The van der Waals surface area contributed by atoms with E-state index in [-0.39, 0.29) is 30.3 Å². The Morgan fingerprint density at radius 3 is 2.30 bits per heavy atom. The van der Waals surface area contributed by atoms with Gasteiger partial charge in [-0.05, 0) is 24.6 Å². The van der Waals surface area contributed by atoms with Gasteiger partial charge in [-0.1, -0.05) is 43.3 Å². The molecule has 6 nitrogen and oxygen atoms in total. The summed E-state index contributed by atoms with van der Waals surface area (Å²) >= 11 is 0. The van der Waals surface area contributed by atoms with Crippen molar-refractivity contribution >= 4 is 16.7 Å². The van der Waals surface area contributed by atoms with E-state index in [1.165, 1.54) is 4.57 Å². The zero-order valence-electron chi connectivity index (χ0n) is 15.1. The maximum Gasteiger partial charge on any atom is 0.338 e. The zero-order valence-corrected chi connectivity index (χ0v) is 15.1. The van der Waals surface area contributed by atoms with Gasteiger partial charge in [0.2, 0.25) is 0 Å². The highest BCUT2D eigenvalue weighted by Crippen LogP contribution is 2.23. The van der Waals surface area contributed by atoms with Crippen LogP contribution < -0.4 is 10.9 Å². The Labute approximate surface area is 156 Å². The number of aliphatic hydroxyl groups is 1. The number of aliphatic hydroxyl groups excluding tert-OH is 1. The van der Waals surface area contributed by atoms with Gasteiger partial charge in [0.25, 0.3) is 5.56 Å². The Balaban J connectivity index is 2.33. The number of rotatable bonds is 7. The summed E-state index contributed by atoms with van der Waals surface area (Å²) in [6, 6.07) is 15.5. The Morgan fingerprint density at radius 2 is 1.70 bits per heavy atom. The van der Waals surface area contributed by atoms with Crippen LogP contribution in [-0.2, 0) is 6.54 Å². The van der Waals surface area contributed by atoms with E-state index in [4.69, 9.17) is 0 Å². The highest BCUT2D eigenvalue weighted by Gasteiger charge is 2.22. The molecule has 0 amide bonds. The molecule has 3 rings (SSSR count). The van der Waals surface area contributed by atoms with Crippen molar-refractivity contribution in [3.63, 3.8) is 0 Å². The van der Waals surface area contributed by atoms with E-state index in [9.17, 15) is 19.8 Å². The van der Waals surface area contributed by atoms with E-state index in [1.54, 1.807) is 48.5 Å². The number of hydrogen-bond donors (Lipinski definition) is 3. The van der Waals surface area contributed by atoms with Crippen molar-refractivity contribution in [1.82, 2.24) is 9.88 Å². The molecule has 27 heavy (non-hydrogen) atoms. The summed E-state index contributed by atoms with van der Waals surface area (Å²) in [5.74, 6) is -1.09. The minimum Gasteiger partial charge on any atom is -0.478 e. The van der Waals surface area contributed by atoms with E-state index >= 15 is 0 Å². The number of fused-ring (bicyclic) bond motifs is 1. The van der Waals surface area contributed by atoms with E-state index in [0.29, 0.717) is 28.6 Å². The molecule has 0 bridgehead atoms. The maximum absolute atomic E-state index is 13.2. The standard InChI is InChI=1S/C21H22N2O4/c1-2-14(13-24)22-12-18-19(21(26)27)16-10-6-7-11-17(16)20(25)23(18)15-8-4-3-5-9-15/h3-11,14,22,24H,2,12-13H2,1H3,(H,26,27). The number of aromatic carboxylic acids is 1. The van der Waals surface area contributed by atoms with Crippen LogP contribution in [0.25, 0.3) is 16.5 Å². The first-order valence-electron chi connectivity index (χ1n) is 8.88. The van der Waals surface area contributed by atoms with E-state index in [1.807, 2.05) is 13.0 Å². The number of pyridine rings is 1. The van der Waals surface area contributed by atoms with Crippen molar-refractivity contribution in [2.75, 3.05) is 6.61 Å². The van der Waals surface area contributed by atoms with E-state index in [2.05, 4.69) is 5.32 Å². The molecule has 1 atom stereocenters. The van der Waals surface area contributed by atoms with Gasteiger partial charge in [0, 0.05) is 29.0 Å². The number of carbonyl (C=O) groups is 1. The number of benzene rings is 2. The monoisotopic (exact) mass is 366 g/mol. The van der Waals surface area contributed by atoms with Crippen LogP contribution in [-0.4, -0.2) is 33.4 Å². The molecule has 1 heterocycles. The van der Waals surface area contributed by atoms with Gasteiger partial charge in [-0.2, -0.15) is 0 Å². The van der Waals surface area contributed by atoms with Crippen LogP contribution in [0.1, 0.15) is 29.4 Å². The first-order valence-corrected chi connectivity index (χ1v) is 8.88. The van der Waals surface area contributed by atoms with Crippen LogP contribution in [0, 0.1) is 0 Å². The van der Waals surface area contributed by atoms with Crippen molar-refractivity contribution in [2.24, 2.45) is 0 Å². The van der Waals surface area contributed by atoms with Crippen LogP contribution in [0.2, 0.25) is 0 Å². The molecule has 0 spiro atoms. The summed E-state index contributed by atoms with van der Waals surface area (Å²) in [7, 11) is 0. The lowest BCUT2D eigenvalue weighted by atomic mass is 10.0. The number of hydrogen-bond acceptors (Lipinski definition) is 4. The minimum atomic E-state index is -1.09. The van der Waals surface area contributed by atoms with Crippen molar-refractivity contribution in [2.45, 2.75) is 25.9 Å². The number of aromatic nitrogens is 1. The topological polar surface area (TPSA) is 91.6 Å². The number of carboxylic acid groups (broad SMARTS) is 1. The molecular formula is C21H22N2O4. The molecule has 140 valence electrons. The van der Waals surface area contributed by atoms with Crippen molar-refractivity contribution in [1.29, 1.82) is 0 Å². The first kappa shape index (κ1) is 18.8. The van der Waals surface area contributed by atoms with Gasteiger partial charge in [0.15, 0.2) is 0 Å². The maximum atomic E-state index is 13.2. The van der Waals surface area contributed by atoms with Crippen molar-refractivity contribution in [3.8, 4) is 5.69 Å². The molecule has 0 aliphatic rings. The van der Waals surface area contributed by atoms with Crippen molar-refractivity contribution < 1.29 is 15.0 Å². The second-order valence-electron chi connectivity index (χ2n) is 6.32. The molecule has 3 N–H and O–H groups in total. The van der Waals surface area contributed by atoms with Gasteiger partial charge in [-0.25, -0.2) is 4.79 Å². The van der Waals surface area contributed by atoms with Gasteiger partial charge >= 0.3 is 5.97 Å². The fraction of sp³-hybridized carbons (Fsp3) is 0.238. The smallest absolute Gasteiger partial charge is 0.338 e. The second kappa shape index (κ2) is 8.16. The quantitative estimate of drug-likeness (QED) is 0.598. The van der Waals surface area contributed by atoms with Gasteiger partial charge in [-0.3, -0.25) is 9.36 Å². The summed E-state index contributed by atoms with van der Waals surface area (Å²) in [6.45, 7) is 2.01. The molecule has 3 aromatic rings. The predicted molar refractivity (Wildman–Crippen MR) is 105 cm³/mol. The molecule has 2 aromatic carbocycles. The van der Waals surface area contributed by atoms with Crippen LogP contribution in [0.5, 0.6) is 0 Å². The highest BCUT2D eigenvalue weighted by atomic mass is 16.4. The van der Waals surface area contributed by atoms with Gasteiger partial charge in [0.1, 0.15) is 0 Å². The summed E-state index contributed by atoms with van der Waals surface area (Å²) in [6.07, 6.45) is 0.683. The lowest BCUT2D eigenvalue weighted by Gasteiger charge is -2.21. The Kier molecular flexibility index (Phi) is 5.69. The van der Waals surface area contributed by atoms with Crippen LogP contribution >= 0.6 is 0 Å². The summed E-state index contributed by atoms with van der Waals surface area (Å²) in [5, 5.41) is 23.3.